The molecule has 1 aliphatic carbocycles. The molecule has 0 aromatic heterocycles. The van der Waals surface area contributed by atoms with Gasteiger partial charge in [0.1, 0.15) is 6.61 Å². The summed E-state index contributed by atoms with van der Waals surface area (Å²) in [4.78, 5) is 14.6. The minimum atomic E-state index is -0.141. The van der Waals surface area contributed by atoms with Crippen molar-refractivity contribution in [2.45, 2.75) is 51.2 Å². The number of rotatable bonds is 4. The predicted octanol–water partition coefficient (Wildman–Crippen LogP) is 4.53. The van der Waals surface area contributed by atoms with Crippen LogP contribution in [0.25, 0.3) is 0 Å². The van der Waals surface area contributed by atoms with E-state index in [1.165, 1.54) is 12.8 Å². The first-order valence-corrected chi connectivity index (χ1v) is 8.36. The largest absolute Gasteiger partial charge is 0.445 e. The lowest BCUT2D eigenvalue weighted by molar-refractivity contribution is 0.0595. The molecule has 1 aromatic carbocycles. The summed E-state index contributed by atoms with van der Waals surface area (Å²) in [7, 11) is 0. The molecule has 2 aliphatic rings. The molecule has 1 aromatic rings. The lowest BCUT2D eigenvalue weighted by Gasteiger charge is -2.37. The fourth-order valence-corrected chi connectivity index (χ4v) is 4.17. The molecule has 3 rings (SSSR count). The lowest BCUT2D eigenvalue weighted by atomic mass is 9.85. The van der Waals surface area contributed by atoms with Gasteiger partial charge in [0.25, 0.3) is 0 Å². The molecule has 1 saturated heterocycles. The molecule has 0 radical (unpaired) electrons. The molecule has 0 spiro atoms. The maximum Gasteiger partial charge on any atom is 0.410 e. The Balaban J connectivity index is 1.68. The van der Waals surface area contributed by atoms with Crippen molar-refractivity contribution in [2.24, 2.45) is 5.92 Å². The Labute approximate surface area is 133 Å². The van der Waals surface area contributed by atoms with Gasteiger partial charge in [0, 0.05) is 6.54 Å². The van der Waals surface area contributed by atoms with Crippen LogP contribution in [0.2, 0.25) is 0 Å². The summed E-state index contributed by atoms with van der Waals surface area (Å²) < 4.78 is 5.59. The zero-order chi connectivity index (χ0) is 15.4. The molecule has 1 amide bonds. The van der Waals surface area contributed by atoms with E-state index in [2.05, 4.69) is 12.2 Å². The molecular formula is C19H25NO2. The van der Waals surface area contributed by atoms with Gasteiger partial charge in [-0.2, -0.15) is 0 Å². The Bertz CT molecular complexity index is 540. The fourth-order valence-electron chi connectivity index (χ4n) is 4.17. The van der Waals surface area contributed by atoms with Crippen molar-refractivity contribution in [1.82, 2.24) is 4.90 Å². The Morgan fingerprint density at radius 2 is 2.18 bits per heavy atom. The van der Waals surface area contributed by atoms with Gasteiger partial charge in [-0.1, -0.05) is 48.9 Å². The van der Waals surface area contributed by atoms with Gasteiger partial charge in [0.2, 0.25) is 0 Å². The quantitative estimate of drug-likeness (QED) is 0.764. The molecule has 0 bridgehead atoms. The van der Waals surface area contributed by atoms with Gasteiger partial charge in [-0.05, 0) is 44.1 Å². The van der Waals surface area contributed by atoms with Crippen LogP contribution >= 0.6 is 0 Å². The van der Waals surface area contributed by atoms with Gasteiger partial charge in [-0.15, -0.1) is 0 Å². The van der Waals surface area contributed by atoms with Crippen LogP contribution in [0.15, 0.2) is 42.5 Å². The highest BCUT2D eigenvalue weighted by Gasteiger charge is 2.52. The third-order valence-corrected chi connectivity index (χ3v) is 5.29. The first-order chi connectivity index (χ1) is 10.8. The Morgan fingerprint density at radius 1 is 1.36 bits per heavy atom. The van der Waals surface area contributed by atoms with Gasteiger partial charge < -0.3 is 9.64 Å². The highest BCUT2D eigenvalue weighted by Crippen LogP contribution is 2.49. The number of likely N-dealkylation sites (tertiary alicyclic amines) is 1. The number of hydrogen-bond acceptors (Lipinski definition) is 2. The fraction of sp³-hybridized carbons (Fsp3) is 0.526. The van der Waals surface area contributed by atoms with Crippen LogP contribution < -0.4 is 0 Å². The SMILES string of the molecule is C/C=C/C[C@]12CCC[C@H]1CCN2C(=O)OCc1ccccc1. The molecule has 0 unspecified atom stereocenters. The van der Waals surface area contributed by atoms with Gasteiger partial charge >= 0.3 is 6.09 Å². The van der Waals surface area contributed by atoms with Crippen LogP contribution in [0, 0.1) is 5.92 Å². The number of amides is 1. The Morgan fingerprint density at radius 3 is 2.95 bits per heavy atom. The van der Waals surface area contributed by atoms with Crippen molar-refractivity contribution in [1.29, 1.82) is 0 Å². The number of allylic oxidation sites excluding steroid dienone is 1. The first-order valence-electron chi connectivity index (χ1n) is 8.36. The van der Waals surface area contributed by atoms with Crippen LogP contribution in [-0.4, -0.2) is 23.1 Å². The second-order valence-electron chi connectivity index (χ2n) is 6.45. The number of benzene rings is 1. The summed E-state index contributed by atoms with van der Waals surface area (Å²) in [6, 6.07) is 9.90. The molecule has 1 saturated carbocycles. The zero-order valence-corrected chi connectivity index (χ0v) is 13.3. The number of carbonyl (C=O) groups is 1. The van der Waals surface area contributed by atoms with E-state index in [1.807, 2.05) is 42.2 Å². The summed E-state index contributed by atoms with van der Waals surface area (Å²) in [5, 5.41) is 0. The topological polar surface area (TPSA) is 29.5 Å². The smallest absolute Gasteiger partial charge is 0.410 e. The van der Waals surface area contributed by atoms with E-state index in [4.69, 9.17) is 4.74 Å². The molecule has 2 fully saturated rings. The van der Waals surface area contributed by atoms with E-state index in [1.54, 1.807) is 0 Å². The third kappa shape index (κ3) is 2.77. The highest BCUT2D eigenvalue weighted by molar-refractivity contribution is 5.69. The van der Waals surface area contributed by atoms with E-state index in [0.29, 0.717) is 12.5 Å². The summed E-state index contributed by atoms with van der Waals surface area (Å²) in [6.45, 7) is 3.25. The highest BCUT2D eigenvalue weighted by atomic mass is 16.6. The molecule has 0 N–H and O–H groups in total. The molecule has 3 nitrogen and oxygen atoms in total. The molecule has 2 atom stereocenters. The van der Waals surface area contributed by atoms with Crippen molar-refractivity contribution < 1.29 is 9.53 Å². The lowest BCUT2D eigenvalue weighted by Crippen LogP contribution is -2.48. The summed E-state index contributed by atoms with van der Waals surface area (Å²) >= 11 is 0. The normalized spacial score (nSPS) is 27.3. The third-order valence-electron chi connectivity index (χ3n) is 5.29. The maximum absolute atomic E-state index is 12.6. The second kappa shape index (κ2) is 6.55. The average molecular weight is 299 g/mol. The van der Waals surface area contributed by atoms with Crippen LogP contribution in [0.1, 0.15) is 44.6 Å². The van der Waals surface area contributed by atoms with Crippen molar-refractivity contribution in [2.75, 3.05) is 6.54 Å². The maximum atomic E-state index is 12.6. The summed E-state index contributed by atoms with van der Waals surface area (Å²) in [5.41, 5.74) is 1.06. The van der Waals surface area contributed by atoms with Gasteiger partial charge in [-0.3, -0.25) is 0 Å². The number of fused-ring (bicyclic) bond motifs is 1. The number of hydrogen-bond donors (Lipinski definition) is 0. The Hall–Kier alpha value is -1.77. The van der Waals surface area contributed by atoms with E-state index < -0.39 is 0 Å². The first kappa shape index (κ1) is 15.1. The number of nitrogens with zero attached hydrogens (tertiary/aromatic N) is 1. The predicted molar refractivity (Wildman–Crippen MR) is 87.5 cm³/mol. The minimum absolute atomic E-state index is 0.0142. The van der Waals surface area contributed by atoms with Crippen molar-refractivity contribution in [3.8, 4) is 0 Å². The number of ether oxygens (including phenoxy) is 1. The minimum Gasteiger partial charge on any atom is -0.445 e. The monoisotopic (exact) mass is 299 g/mol. The van der Waals surface area contributed by atoms with Crippen molar-refractivity contribution in [3.05, 3.63) is 48.0 Å². The van der Waals surface area contributed by atoms with Crippen LogP contribution in [0.5, 0.6) is 0 Å². The second-order valence-corrected chi connectivity index (χ2v) is 6.45. The van der Waals surface area contributed by atoms with Crippen LogP contribution in [0.3, 0.4) is 0 Å². The van der Waals surface area contributed by atoms with Gasteiger partial charge in [0.15, 0.2) is 0 Å². The molecule has 1 heterocycles. The summed E-state index contributed by atoms with van der Waals surface area (Å²) in [6.07, 6.45) is 9.84. The van der Waals surface area contributed by atoms with Crippen LogP contribution in [0.4, 0.5) is 4.79 Å². The molecule has 1 aliphatic heterocycles. The van der Waals surface area contributed by atoms with Crippen LogP contribution in [-0.2, 0) is 11.3 Å². The molecule has 22 heavy (non-hydrogen) atoms. The Kier molecular flexibility index (Phi) is 4.51. The van der Waals surface area contributed by atoms with Gasteiger partial charge in [-0.25, -0.2) is 4.79 Å². The zero-order valence-electron chi connectivity index (χ0n) is 13.3. The summed E-state index contributed by atoms with van der Waals surface area (Å²) in [5.74, 6) is 0.646. The van der Waals surface area contributed by atoms with Crippen molar-refractivity contribution >= 4 is 6.09 Å². The molecular weight excluding hydrogens is 274 g/mol. The van der Waals surface area contributed by atoms with Gasteiger partial charge in [0.05, 0.1) is 5.54 Å². The van der Waals surface area contributed by atoms with E-state index in [9.17, 15) is 4.79 Å². The van der Waals surface area contributed by atoms with E-state index >= 15 is 0 Å². The van der Waals surface area contributed by atoms with E-state index in [0.717, 1.165) is 31.4 Å². The molecule has 3 heteroatoms. The number of carbonyl (C=O) groups excluding carboxylic acids is 1. The van der Waals surface area contributed by atoms with Crippen molar-refractivity contribution in [3.63, 3.8) is 0 Å². The molecule has 118 valence electrons. The standard InChI is InChI=1S/C19H25NO2/c1-2-3-12-19-13-7-10-17(19)11-14-20(19)18(21)22-15-16-8-5-4-6-9-16/h2-6,8-9,17H,7,10-15H2,1H3/b3-2+/t17-,19-/m0/s1. The van der Waals surface area contributed by atoms with E-state index in [-0.39, 0.29) is 11.6 Å². The average Bonchev–Trinajstić information content (AvgIpc) is 3.10.